The highest BCUT2D eigenvalue weighted by atomic mass is 32.1. The van der Waals surface area contributed by atoms with Gasteiger partial charge in [0, 0.05) is 23.9 Å². The number of piperidine rings is 1. The number of aliphatic hydroxyl groups is 1. The number of aliphatic hydroxyl groups excluding tert-OH is 1. The third-order valence-electron chi connectivity index (χ3n) is 4.87. The molecule has 0 saturated carbocycles. The third kappa shape index (κ3) is 3.57. The predicted octanol–water partition coefficient (Wildman–Crippen LogP) is 2.28. The summed E-state index contributed by atoms with van der Waals surface area (Å²) in [6.45, 7) is 1.79. The van der Waals surface area contributed by atoms with Gasteiger partial charge in [-0.1, -0.05) is 6.42 Å². The molecule has 1 saturated heterocycles. The zero-order chi connectivity index (χ0) is 16.2. The van der Waals surface area contributed by atoms with Crippen molar-refractivity contribution in [1.29, 1.82) is 5.26 Å². The molecule has 1 unspecified atom stereocenters. The molecule has 0 radical (unpaired) electrons. The van der Waals surface area contributed by atoms with E-state index in [2.05, 4.69) is 16.3 Å². The molecule has 1 atom stereocenters. The van der Waals surface area contributed by atoms with Crippen molar-refractivity contribution >= 4 is 22.2 Å². The number of aryl methyl sites for hydroxylation is 1. The SMILES string of the molecule is N#Cc1c(NC(=O)CCN2CCCCC2CO)sc2c1CCC2. The largest absolute Gasteiger partial charge is 0.395 e. The van der Waals surface area contributed by atoms with Gasteiger partial charge in [0.05, 0.1) is 12.2 Å². The molecule has 0 bridgehead atoms. The number of thiophene rings is 1. The van der Waals surface area contributed by atoms with Crippen molar-refractivity contribution in [1.82, 2.24) is 4.90 Å². The Kier molecular flexibility index (Phi) is 5.31. The van der Waals surface area contributed by atoms with Gasteiger partial charge in [0.15, 0.2) is 0 Å². The molecular weight excluding hydrogens is 310 g/mol. The van der Waals surface area contributed by atoms with Gasteiger partial charge in [-0.15, -0.1) is 11.3 Å². The summed E-state index contributed by atoms with van der Waals surface area (Å²) in [5.41, 5.74) is 1.81. The number of hydrogen-bond donors (Lipinski definition) is 2. The van der Waals surface area contributed by atoms with Crippen LogP contribution in [0.2, 0.25) is 0 Å². The Hall–Kier alpha value is -1.42. The molecule has 0 spiro atoms. The van der Waals surface area contributed by atoms with Crippen LogP contribution in [0.25, 0.3) is 0 Å². The summed E-state index contributed by atoms with van der Waals surface area (Å²) in [6, 6.07) is 2.45. The average Bonchev–Trinajstić information content (AvgIpc) is 3.13. The van der Waals surface area contributed by atoms with Gasteiger partial charge in [0.2, 0.25) is 5.91 Å². The van der Waals surface area contributed by atoms with Gasteiger partial charge in [0.25, 0.3) is 0 Å². The maximum Gasteiger partial charge on any atom is 0.226 e. The van der Waals surface area contributed by atoms with Crippen LogP contribution in [0.1, 0.15) is 48.1 Å². The quantitative estimate of drug-likeness (QED) is 0.867. The molecule has 1 fully saturated rings. The second-order valence-corrected chi connectivity index (χ2v) is 7.44. The first-order chi connectivity index (χ1) is 11.2. The topological polar surface area (TPSA) is 76.4 Å². The van der Waals surface area contributed by atoms with Crippen molar-refractivity contribution in [3.63, 3.8) is 0 Å². The van der Waals surface area contributed by atoms with Crippen molar-refractivity contribution in [2.75, 3.05) is 25.0 Å². The maximum atomic E-state index is 12.2. The second-order valence-electron chi connectivity index (χ2n) is 6.34. The number of nitrogens with zero attached hydrogens (tertiary/aromatic N) is 2. The van der Waals surface area contributed by atoms with E-state index in [9.17, 15) is 15.2 Å². The smallest absolute Gasteiger partial charge is 0.226 e. The Morgan fingerprint density at radius 1 is 1.39 bits per heavy atom. The Balaban J connectivity index is 1.57. The Labute approximate surface area is 140 Å². The van der Waals surface area contributed by atoms with Crippen molar-refractivity contribution in [2.24, 2.45) is 0 Å². The molecule has 1 amide bonds. The van der Waals surface area contributed by atoms with Gasteiger partial charge in [0.1, 0.15) is 11.1 Å². The monoisotopic (exact) mass is 333 g/mol. The number of hydrogen-bond acceptors (Lipinski definition) is 5. The number of fused-ring (bicyclic) bond motifs is 1. The maximum absolute atomic E-state index is 12.2. The molecule has 1 aliphatic heterocycles. The van der Waals surface area contributed by atoms with Crippen molar-refractivity contribution in [3.8, 4) is 6.07 Å². The number of nitrogens with one attached hydrogen (secondary N) is 1. The summed E-state index contributed by atoms with van der Waals surface area (Å²) in [4.78, 5) is 15.7. The first-order valence-corrected chi connectivity index (χ1v) is 9.24. The summed E-state index contributed by atoms with van der Waals surface area (Å²) < 4.78 is 0. The Bertz CT molecular complexity index is 620. The van der Waals surface area contributed by atoms with Crippen LogP contribution in [0, 0.1) is 11.3 Å². The zero-order valence-electron chi connectivity index (χ0n) is 13.3. The molecule has 2 aliphatic rings. The van der Waals surface area contributed by atoms with E-state index in [-0.39, 0.29) is 18.6 Å². The lowest BCUT2D eigenvalue weighted by Gasteiger charge is -2.34. The van der Waals surface area contributed by atoms with Gasteiger partial charge >= 0.3 is 0 Å². The van der Waals surface area contributed by atoms with E-state index in [4.69, 9.17) is 0 Å². The predicted molar refractivity (Wildman–Crippen MR) is 90.6 cm³/mol. The standard InChI is InChI=1S/C17H23N3O2S/c18-10-14-13-5-3-6-15(13)23-17(14)19-16(22)7-9-20-8-2-1-4-12(20)11-21/h12,21H,1-9,11H2,(H,19,22). The van der Waals surface area contributed by atoms with Crippen molar-refractivity contribution in [2.45, 2.75) is 51.0 Å². The lowest BCUT2D eigenvalue weighted by molar-refractivity contribution is -0.116. The number of likely N-dealkylation sites (tertiary alicyclic amines) is 1. The molecule has 3 rings (SSSR count). The van der Waals surface area contributed by atoms with Crippen LogP contribution >= 0.6 is 11.3 Å². The molecule has 1 aliphatic carbocycles. The molecule has 2 N–H and O–H groups in total. The first-order valence-electron chi connectivity index (χ1n) is 8.42. The molecular formula is C17H23N3O2S. The number of nitriles is 1. The van der Waals surface area contributed by atoms with E-state index in [1.165, 1.54) is 4.88 Å². The molecule has 124 valence electrons. The highest BCUT2D eigenvalue weighted by molar-refractivity contribution is 7.16. The van der Waals surface area contributed by atoms with Gasteiger partial charge in [-0.05, 0) is 44.2 Å². The Morgan fingerprint density at radius 3 is 3.04 bits per heavy atom. The van der Waals surface area contributed by atoms with Crippen LogP contribution in [0.15, 0.2) is 0 Å². The molecule has 1 aromatic rings. The van der Waals surface area contributed by atoms with Crippen LogP contribution in [0.4, 0.5) is 5.00 Å². The summed E-state index contributed by atoms with van der Waals surface area (Å²) >= 11 is 1.56. The lowest BCUT2D eigenvalue weighted by atomic mass is 10.0. The summed E-state index contributed by atoms with van der Waals surface area (Å²) in [5.74, 6) is -0.0383. The summed E-state index contributed by atoms with van der Waals surface area (Å²) in [6.07, 6.45) is 6.79. The minimum Gasteiger partial charge on any atom is -0.395 e. The second kappa shape index (κ2) is 7.43. The van der Waals surface area contributed by atoms with E-state index in [0.29, 0.717) is 18.5 Å². The fraction of sp³-hybridized carbons (Fsp3) is 0.647. The number of anilines is 1. The minimum atomic E-state index is -0.0383. The first kappa shape index (κ1) is 16.4. The van der Waals surface area contributed by atoms with Gasteiger partial charge in [-0.25, -0.2) is 0 Å². The van der Waals surface area contributed by atoms with Gasteiger partial charge in [-0.2, -0.15) is 5.26 Å². The van der Waals surface area contributed by atoms with Crippen LogP contribution in [0.3, 0.4) is 0 Å². The van der Waals surface area contributed by atoms with Crippen LogP contribution in [0.5, 0.6) is 0 Å². The zero-order valence-corrected chi connectivity index (χ0v) is 14.1. The normalized spacial score (nSPS) is 21.0. The summed E-state index contributed by atoms with van der Waals surface area (Å²) in [5, 5.41) is 22.4. The Morgan fingerprint density at radius 2 is 2.26 bits per heavy atom. The van der Waals surface area contributed by atoms with E-state index in [1.54, 1.807) is 11.3 Å². The molecule has 1 aromatic heterocycles. The molecule has 6 heteroatoms. The number of carbonyl (C=O) groups excluding carboxylic acids is 1. The molecule has 23 heavy (non-hydrogen) atoms. The van der Waals surface area contributed by atoms with Crippen LogP contribution < -0.4 is 5.32 Å². The molecule has 0 aromatic carbocycles. The fourth-order valence-corrected chi connectivity index (χ4v) is 4.86. The van der Waals surface area contributed by atoms with Crippen LogP contribution in [-0.4, -0.2) is 41.7 Å². The molecule has 5 nitrogen and oxygen atoms in total. The van der Waals surface area contributed by atoms with E-state index in [1.807, 2.05) is 0 Å². The van der Waals surface area contributed by atoms with E-state index >= 15 is 0 Å². The minimum absolute atomic E-state index is 0.0383. The number of amides is 1. The molecule has 2 heterocycles. The van der Waals surface area contributed by atoms with E-state index < -0.39 is 0 Å². The number of rotatable bonds is 5. The van der Waals surface area contributed by atoms with Crippen LogP contribution in [-0.2, 0) is 17.6 Å². The van der Waals surface area contributed by atoms with E-state index in [0.717, 1.165) is 55.6 Å². The van der Waals surface area contributed by atoms with Crippen molar-refractivity contribution in [3.05, 3.63) is 16.0 Å². The van der Waals surface area contributed by atoms with Crippen molar-refractivity contribution < 1.29 is 9.90 Å². The highest BCUT2D eigenvalue weighted by Crippen LogP contribution is 2.38. The fourth-order valence-electron chi connectivity index (χ4n) is 3.61. The van der Waals surface area contributed by atoms with Gasteiger partial charge < -0.3 is 10.4 Å². The summed E-state index contributed by atoms with van der Waals surface area (Å²) in [7, 11) is 0. The average molecular weight is 333 g/mol. The number of carbonyl (C=O) groups is 1. The lowest BCUT2D eigenvalue weighted by Crippen LogP contribution is -2.43. The van der Waals surface area contributed by atoms with Gasteiger partial charge in [-0.3, -0.25) is 9.69 Å². The highest BCUT2D eigenvalue weighted by Gasteiger charge is 2.24. The third-order valence-corrected chi connectivity index (χ3v) is 6.08.